The van der Waals surface area contributed by atoms with Crippen molar-refractivity contribution in [1.29, 1.82) is 0 Å². The zero-order chi connectivity index (χ0) is 15.4. The van der Waals surface area contributed by atoms with E-state index in [9.17, 15) is 0 Å². The highest BCUT2D eigenvalue weighted by molar-refractivity contribution is 5.48. The number of benzene rings is 2. The summed E-state index contributed by atoms with van der Waals surface area (Å²) in [5.74, 6) is 0.976. The Labute approximate surface area is 128 Å². The smallest absolute Gasteiger partial charge is 0.122 e. The van der Waals surface area contributed by atoms with Gasteiger partial charge in [0.1, 0.15) is 11.9 Å². The van der Waals surface area contributed by atoms with Crippen molar-refractivity contribution in [3.05, 3.63) is 58.7 Å². The predicted octanol–water partition coefficient (Wildman–Crippen LogP) is 4.80. The summed E-state index contributed by atoms with van der Waals surface area (Å²) in [5.41, 5.74) is 6.18. The topological polar surface area (TPSA) is 21.3 Å². The fourth-order valence-corrected chi connectivity index (χ4v) is 2.21. The van der Waals surface area contributed by atoms with Crippen molar-refractivity contribution in [2.45, 2.75) is 40.7 Å². The zero-order valence-corrected chi connectivity index (χ0v) is 13.7. The summed E-state index contributed by atoms with van der Waals surface area (Å²) in [6.07, 6.45) is 0.118. The Morgan fingerprint density at radius 1 is 0.905 bits per heavy atom. The Morgan fingerprint density at radius 2 is 1.62 bits per heavy atom. The molecular weight excluding hydrogens is 258 g/mol. The summed E-state index contributed by atoms with van der Waals surface area (Å²) < 4.78 is 6.04. The maximum absolute atomic E-state index is 6.04. The van der Waals surface area contributed by atoms with Crippen LogP contribution in [-0.4, -0.2) is 12.6 Å². The highest BCUT2D eigenvalue weighted by Crippen LogP contribution is 2.21. The molecule has 0 saturated heterocycles. The molecule has 1 unspecified atom stereocenters. The first-order valence-electron chi connectivity index (χ1n) is 7.51. The van der Waals surface area contributed by atoms with Crippen molar-refractivity contribution in [2.24, 2.45) is 0 Å². The second-order valence-corrected chi connectivity index (χ2v) is 5.88. The molecule has 0 heterocycles. The minimum atomic E-state index is 0.118. The van der Waals surface area contributed by atoms with Gasteiger partial charge < -0.3 is 10.1 Å². The highest BCUT2D eigenvalue weighted by Gasteiger charge is 2.07. The van der Waals surface area contributed by atoms with Crippen LogP contribution in [0.2, 0.25) is 0 Å². The van der Waals surface area contributed by atoms with Crippen molar-refractivity contribution in [3.63, 3.8) is 0 Å². The van der Waals surface area contributed by atoms with Crippen molar-refractivity contribution in [3.8, 4) is 5.75 Å². The summed E-state index contributed by atoms with van der Waals surface area (Å²) in [6, 6.07) is 12.8. The van der Waals surface area contributed by atoms with Gasteiger partial charge in [0.25, 0.3) is 0 Å². The van der Waals surface area contributed by atoms with Gasteiger partial charge in [-0.15, -0.1) is 0 Å². The summed E-state index contributed by atoms with van der Waals surface area (Å²) >= 11 is 0. The van der Waals surface area contributed by atoms with Gasteiger partial charge >= 0.3 is 0 Å². The molecule has 2 aromatic rings. The van der Waals surface area contributed by atoms with Gasteiger partial charge in [0.2, 0.25) is 0 Å². The normalized spacial score (nSPS) is 12.0. The monoisotopic (exact) mass is 283 g/mol. The summed E-state index contributed by atoms with van der Waals surface area (Å²) in [6.45, 7) is 11.3. The molecule has 1 atom stereocenters. The van der Waals surface area contributed by atoms with E-state index in [1.165, 1.54) is 22.3 Å². The molecule has 2 heteroatoms. The van der Waals surface area contributed by atoms with Crippen molar-refractivity contribution < 1.29 is 4.74 Å². The van der Waals surface area contributed by atoms with E-state index >= 15 is 0 Å². The Kier molecular flexibility index (Phi) is 4.89. The summed E-state index contributed by atoms with van der Waals surface area (Å²) in [4.78, 5) is 0. The average Bonchev–Trinajstić information content (AvgIpc) is 2.44. The van der Waals surface area contributed by atoms with Crippen molar-refractivity contribution >= 4 is 5.69 Å². The van der Waals surface area contributed by atoms with Crippen LogP contribution in [0.15, 0.2) is 36.4 Å². The van der Waals surface area contributed by atoms with E-state index < -0.39 is 0 Å². The van der Waals surface area contributed by atoms with Crippen LogP contribution in [0.5, 0.6) is 5.75 Å². The lowest BCUT2D eigenvalue weighted by Crippen LogP contribution is -2.23. The van der Waals surface area contributed by atoms with Crippen LogP contribution in [0.25, 0.3) is 0 Å². The second kappa shape index (κ2) is 6.66. The summed E-state index contributed by atoms with van der Waals surface area (Å²) in [7, 11) is 0. The molecule has 0 amide bonds. The molecular formula is C19H25NO. The number of anilines is 1. The molecule has 2 aromatic carbocycles. The molecule has 0 bridgehead atoms. The van der Waals surface area contributed by atoms with E-state index in [4.69, 9.17) is 4.74 Å². The number of nitrogens with one attached hydrogen (secondary N) is 1. The van der Waals surface area contributed by atoms with Crippen LogP contribution in [0.4, 0.5) is 5.69 Å². The molecule has 0 fully saturated rings. The SMILES string of the molecule is Cc1ccc(C)c(OC(C)CNc2ccc(C)c(C)c2)c1. The molecule has 112 valence electrons. The molecule has 2 nitrogen and oxygen atoms in total. The van der Waals surface area contributed by atoms with Crippen LogP contribution >= 0.6 is 0 Å². The van der Waals surface area contributed by atoms with Crippen LogP contribution in [0, 0.1) is 27.7 Å². The molecule has 0 radical (unpaired) electrons. The van der Waals surface area contributed by atoms with Gasteiger partial charge in [-0.1, -0.05) is 18.2 Å². The number of hydrogen-bond donors (Lipinski definition) is 1. The van der Waals surface area contributed by atoms with Gasteiger partial charge in [-0.2, -0.15) is 0 Å². The lowest BCUT2D eigenvalue weighted by atomic mass is 10.1. The molecule has 0 spiro atoms. The first-order valence-corrected chi connectivity index (χ1v) is 7.51. The van der Waals surface area contributed by atoms with Gasteiger partial charge in [-0.05, 0) is 75.1 Å². The van der Waals surface area contributed by atoms with Crippen LogP contribution in [0.3, 0.4) is 0 Å². The fourth-order valence-electron chi connectivity index (χ4n) is 2.21. The third kappa shape index (κ3) is 4.25. The number of rotatable bonds is 5. The quantitative estimate of drug-likeness (QED) is 0.851. The average molecular weight is 283 g/mol. The van der Waals surface area contributed by atoms with Crippen molar-refractivity contribution in [1.82, 2.24) is 0 Å². The van der Waals surface area contributed by atoms with E-state index in [1.807, 2.05) is 0 Å². The highest BCUT2D eigenvalue weighted by atomic mass is 16.5. The maximum Gasteiger partial charge on any atom is 0.122 e. The first kappa shape index (κ1) is 15.4. The second-order valence-electron chi connectivity index (χ2n) is 5.88. The van der Waals surface area contributed by atoms with Crippen LogP contribution in [0.1, 0.15) is 29.2 Å². The number of ether oxygens (including phenoxy) is 1. The van der Waals surface area contributed by atoms with Gasteiger partial charge in [-0.3, -0.25) is 0 Å². The largest absolute Gasteiger partial charge is 0.489 e. The minimum Gasteiger partial charge on any atom is -0.489 e. The van der Waals surface area contributed by atoms with Crippen LogP contribution in [-0.2, 0) is 0 Å². The Morgan fingerprint density at radius 3 is 2.33 bits per heavy atom. The molecule has 1 N–H and O–H groups in total. The molecule has 0 aliphatic carbocycles. The van der Waals surface area contributed by atoms with Gasteiger partial charge in [0.15, 0.2) is 0 Å². The van der Waals surface area contributed by atoms with E-state index in [1.54, 1.807) is 0 Å². The van der Waals surface area contributed by atoms with Gasteiger partial charge in [0.05, 0.1) is 6.54 Å². The summed E-state index contributed by atoms with van der Waals surface area (Å²) in [5, 5.41) is 3.44. The first-order chi connectivity index (χ1) is 9.95. The van der Waals surface area contributed by atoms with E-state index in [-0.39, 0.29) is 6.10 Å². The lowest BCUT2D eigenvalue weighted by Gasteiger charge is -2.18. The zero-order valence-electron chi connectivity index (χ0n) is 13.7. The van der Waals surface area contributed by atoms with Crippen molar-refractivity contribution in [2.75, 3.05) is 11.9 Å². The molecule has 0 aliphatic heterocycles. The Balaban J connectivity index is 1.94. The maximum atomic E-state index is 6.04. The Bertz CT molecular complexity index is 619. The van der Waals surface area contributed by atoms with Gasteiger partial charge in [-0.25, -0.2) is 0 Å². The minimum absolute atomic E-state index is 0.118. The lowest BCUT2D eigenvalue weighted by molar-refractivity contribution is 0.233. The predicted molar refractivity (Wildman–Crippen MR) is 90.4 cm³/mol. The van der Waals surface area contributed by atoms with E-state index in [0.717, 1.165) is 18.0 Å². The van der Waals surface area contributed by atoms with E-state index in [2.05, 4.69) is 76.3 Å². The molecule has 0 saturated carbocycles. The molecule has 0 aromatic heterocycles. The number of aryl methyl sites for hydroxylation is 4. The molecule has 21 heavy (non-hydrogen) atoms. The number of hydrogen-bond acceptors (Lipinski definition) is 2. The molecule has 0 aliphatic rings. The van der Waals surface area contributed by atoms with Gasteiger partial charge in [0, 0.05) is 5.69 Å². The Hall–Kier alpha value is -1.96. The van der Waals surface area contributed by atoms with E-state index in [0.29, 0.717) is 0 Å². The third-order valence-electron chi connectivity index (χ3n) is 3.77. The molecule has 2 rings (SSSR count). The third-order valence-corrected chi connectivity index (χ3v) is 3.77. The van der Waals surface area contributed by atoms with Crippen LogP contribution < -0.4 is 10.1 Å². The standard InChI is InChI=1S/C19H25NO/c1-13-6-7-15(3)19(10-13)21-17(5)12-20-18-9-8-14(2)16(4)11-18/h6-11,17,20H,12H2,1-5H3. The fraction of sp³-hybridized carbons (Fsp3) is 0.368.